The van der Waals surface area contributed by atoms with Crippen molar-refractivity contribution in [2.75, 3.05) is 0 Å². The first-order valence-electron chi connectivity index (χ1n) is 20.1. The van der Waals surface area contributed by atoms with Crippen molar-refractivity contribution in [3.63, 3.8) is 0 Å². The number of hydrogen-bond acceptors (Lipinski definition) is 0. The Bertz CT molecular complexity index is 1770. The van der Waals surface area contributed by atoms with Gasteiger partial charge in [0.2, 0.25) is 0 Å². The molecule has 0 spiro atoms. The molecule has 1 aliphatic rings. The highest BCUT2D eigenvalue weighted by molar-refractivity contribution is 7.73. The highest BCUT2D eigenvalue weighted by Gasteiger charge is 2.36. The number of benzene rings is 4. The van der Waals surface area contributed by atoms with E-state index in [0.29, 0.717) is 5.66 Å². The van der Waals surface area contributed by atoms with Gasteiger partial charge in [-0.05, 0) is 149 Å². The Morgan fingerprint density at radius 3 is 1.00 bits per heavy atom. The van der Waals surface area contributed by atoms with E-state index in [0.717, 1.165) is 0 Å². The van der Waals surface area contributed by atoms with Crippen molar-refractivity contribution >= 4 is 40.1 Å². The molecule has 0 nitrogen and oxygen atoms in total. The van der Waals surface area contributed by atoms with Crippen LogP contribution in [0.25, 0.3) is 21.5 Å². The van der Waals surface area contributed by atoms with Gasteiger partial charge in [0.15, 0.2) is 0 Å². The van der Waals surface area contributed by atoms with E-state index in [1.807, 2.05) is 0 Å². The van der Waals surface area contributed by atoms with E-state index in [1.54, 1.807) is 21.7 Å². The molecule has 0 radical (unpaired) electrons. The van der Waals surface area contributed by atoms with Crippen LogP contribution < -0.4 is 10.6 Å². The molecular formula is C50H73P. The molecule has 0 heterocycles. The minimum Gasteiger partial charge on any atom is -0.0561 e. The third-order valence-corrected chi connectivity index (χ3v) is 14.6. The lowest BCUT2D eigenvalue weighted by Crippen LogP contribution is -2.33. The molecule has 0 unspecified atom stereocenters. The predicted octanol–water partition coefficient (Wildman–Crippen LogP) is 14.5. The molecule has 5 rings (SSSR count). The highest BCUT2D eigenvalue weighted by atomic mass is 31.1. The molecule has 4 aromatic carbocycles. The fraction of sp³-hybridized carbons (Fsp3) is 0.600. The standard InChI is InChI=1S/C50H73P/c1-45(2,3)34-24-32-26-41(49(13,14)15)43(30-37(32)39(28-34)47(7,8)9)51(36-22-20-19-21-23-36)44-31-38-33(27-42(44)50(16,17)18)25-35(46(4,5)6)29-40(38)48(10,11)12/h24-31,36H,19-23H2,1-18H3. The summed E-state index contributed by atoms with van der Waals surface area (Å²) in [6, 6.07) is 20.9. The van der Waals surface area contributed by atoms with Crippen molar-refractivity contribution in [3.8, 4) is 0 Å². The molecule has 0 bridgehead atoms. The van der Waals surface area contributed by atoms with E-state index in [9.17, 15) is 0 Å². The van der Waals surface area contributed by atoms with Gasteiger partial charge < -0.3 is 0 Å². The first kappa shape index (κ1) is 40.0. The number of rotatable bonds is 3. The van der Waals surface area contributed by atoms with Crippen LogP contribution in [0.2, 0.25) is 0 Å². The van der Waals surface area contributed by atoms with Crippen molar-refractivity contribution in [1.29, 1.82) is 0 Å². The van der Waals surface area contributed by atoms with Crippen LogP contribution in [0.15, 0.2) is 48.5 Å². The molecule has 4 aromatic rings. The summed E-state index contributed by atoms with van der Waals surface area (Å²) in [5, 5.41) is 9.03. The van der Waals surface area contributed by atoms with Crippen LogP contribution in [-0.4, -0.2) is 5.66 Å². The average Bonchev–Trinajstić information content (AvgIpc) is 2.97. The van der Waals surface area contributed by atoms with Gasteiger partial charge in [0.25, 0.3) is 0 Å². The van der Waals surface area contributed by atoms with Crippen LogP contribution in [0.4, 0.5) is 0 Å². The lowest BCUT2D eigenvalue weighted by molar-refractivity contribution is 0.512. The summed E-state index contributed by atoms with van der Waals surface area (Å²) in [5.74, 6) is 0. The quantitative estimate of drug-likeness (QED) is 0.186. The van der Waals surface area contributed by atoms with Gasteiger partial charge in [-0.2, -0.15) is 0 Å². The molecule has 1 fully saturated rings. The summed E-state index contributed by atoms with van der Waals surface area (Å²) in [6.45, 7) is 43.4. The molecule has 1 saturated carbocycles. The third kappa shape index (κ3) is 8.33. The van der Waals surface area contributed by atoms with Gasteiger partial charge in [0.05, 0.1) is 0 Å². The Balaban J connectivity index is 1.98. The maximum atomic E-state index is 2.73. The van der Waals surface area contributed by atoms with Crippen molar-refractivity contribution < 1.29 is 0 Å². The number of hydrogen-bond donors (Lipinski definition) is 0. The Kier molecular flexibility index (Phi) is 10.4. The molecular weight excluding hydrogens is 632 g/mol. The van der Waals surface area contributed by atoms with E-state index >= 15 is 0 Å². The first-order valence-corrected chi connectivity index (χ1v) is 21.6. The molecule has 278 valence electrons. The van der Waals surface area contributed by atoms with Gasteiger partial charge in [-0.1, -0.05) is 168 Å². The van der Waals surface area contributed by atoms with Crippen molar-refractivity contribution in [2.45, 2.75) is 195 Å². The topological polar surface area (TPSA) is 0 Å². The van der Waals surface area contributed by atoms with E-state index in [1.165, 1.54) is 75.9 Å². The Labute approximate surface area is 315 Å². The fourth-order valence-electron chi connectivity index (χ4n) is 8.37. The zero-order valence-corrected chi connectivity index (χ0v) is 37.1. The molecule has 0 saturated heterocycles. The van der Waals surface area contributed by atoms with Gasteiger partial charge in [-0.25, -0.2) is 0 Å². The molecule has 0 amide bonds. The average molecular weight is 705 g/mol. The van der Waals surface area contributed by atoms with Crippen LogP contribution in [0.3, 0.4) is 0 Å². The first-order chi connectivity index (χ1) is 23.1. The zero-order valence-electron chi connectivity index (χ0n) is 36.2. The second kappa shape index (κ2) is 13.3. The van der Waals surface area contributed by atoms with Crippen molar-refractivity contribution in [3.05, 3.63) is 81.9 Å². The second-order valence-corrected chi connectivity index (χ2v) is 24.8. The van der Waals surface area contributed by atoms with E-state index in [2.05, 4.69) is 173 Å². The van der Waals surface area contributed by atoms with Crippen LogP contribution in [0, 0.1) is 0 Å². The van der Waals surface area contributed by atoms with Crippen LogP contribution in [-0.2, 0) is 32.5 Å². The van der Waals surface area contributed by atoms with Gasteiger partial charge in [0, 0.05) is 0 Å². The summed E-state index contributed by atoms with van der Waals surface area (Å²) in [6.07, 6.45) is 6.74. The minimum atomic E-state index is -0.643. The summed E-state index contributed by atoms with van der Waals surface area (Å²) in [4.78, 5) is 0. The Morgan fingerprint density at radius 1 is 0.373 bits per heavy atom. The maximum absolute atomic E-state index is 2.73. The smallest absolute Gasteiger partial charge is 0.0125 e. The molecule has 0 atom stereocenters. The Hall–Kier alpha value is -2.17. The summed E-state index contributed by atoms with van der Waals surface area (Å²) in [5.41, 5.74) is 9.96. The number of fused-ring (bicyclic) bond motifs is 2. The fourth-order valence-corrected chi connectivity index (χ4v) is 12.2. The molecule has 0 N–H and O–H groups in total. The van der Waals surface area contributed by atoms with E-state index in [4.69, 9.17) is 0 Å². The normalized spacial score (nSPS) is 16.1. The summed E-state index contributed by atoms with van der Waals surface area (Å²) in [7, 11) is -0.643. The summed E-state index contributed by atoms with van der Waals surface area (Å²) >= 11 is 0. The Morgan fingerprint density at radius 2 is 0.706 bits per heavy atom. The third-order valence-electron chi connectivity index (χ3n) is 11.6. The maximum Gasteiger partial charge on any atom is -0.0125 e. The second-order valence-electron chi connectivity index (χ2n) is 22.4. The lowest BCUT2D eigenvalue weighted by atomic mass is 9.77. The molecule has 1 heteroatoms. The van der Waals surface area contributed by atoms with Crippen LogP contribution >= 0.6 is 7.92 Å². The van der Waals surface area contributed by atoms with Gasteiger partial charge >= 0.3 is 0 Å². The van der Waals surface area contributed by atoms with Crippen LogP contribution in [0.1, 0.15) is 190 Å². The zero-order chi connectivity index (χ0) is 38.3. The van der Waals surface area contributed by atoms with Gasteiger partial charge in [-0.3, -0.25) is 0 Å². The van der Waals surface area contributed by atoms with E-state index in [-0.39, 0.29) is 32.5 Å². The van der Waals surface area contributed by atoms with E-state index < -0.39 is 7.92 Å². The summed E-state index contributed by atoms with van der Waals surface area (Å²) < 4.78 is 0. The monoisotopic (exact) mass is 705 g/mol. The van der Waals surface area contributed by atoms with Crippen molar-refractivity contribution in [2.24, 2.45) is 0 Å². The van der Waals surface area contributed by atoms with Crippen LogP contribution in [0.5, 0.6) is 0 Å². The highest BCUT2D eigenvalue weighted by Crippen LogP contribution is 2.52. The largest absolute Gasteiger partial charge is 0.0561 e. The SMILES string of the molecule is CC(C)(C)c1cc(C(C)(C)C)c2cc(P(c3cc4c(C(C)(C)C)cc(C(C)(C)C)cc4cc3C(C)(C)C)C3CCCCC3)c(C(C)(C)C)cc2c1. The molecule has 0 aromatic heterocycles. The predicted molar refractivity (Wildman–Crippen MR) is 233 cm³/mol. The molecule has 0 aliphatic heterocycles. The minimum absolute atomic E-state index is 0.0231. The molecule has 1 aliphatic carbocycles. The van der Waals surface area contributed by atoms with Gasteiger partial charge in [0.1, 0.15) is 0 Å². The molecule has 51 heavy (non-hydrogen) atoms. The van der Waals surface area contributed by atoms with Crippen molar-refractivity contribution in [1.82, 2.24) is 0 Å². The van der Waals surface area contributed by atoms with Gasteiger partial charge in [-0.15, -0.1) is 0 Å². The lowest BCUT2D eigenvalue weighted by Gasteiger charge is -2.39.